The molecule has 0 saturated carbocycles. The van der Waals surface area contributed by atoms with Gasteiger partial charge in [0.15, 0.2) is 6.61 Å². The van der Waals surface area contributed by atoms with E-state index in [1.165, 1.54) is 0 Å². The molecule has 0 aliphatic carbocycles. The summed E-state index contributed by atoms with van der Waals surface area (Å²) < 4.78 is 5.75. The number of nitrogens with one attached hydrogen (secondary N) is 1. The molecule has 0 radical (unpaired) electrons. The summed E-state index contributed by atoms with van der Waals surface area (Å²) in [5.74, 6) is -1.12. The molecule has 1 heterocycles. The Hall–Kier alpha value is -1.92. The summed E-state index contributed by atoms with van der Waals surface area (Å²) in [7, 11) is 0. The van der Waals surface area contributed by atoms with Crippen molar-refractivity contribution in [1.29, 1.82) is 0 Å². The van der Waals surface area contributed by atoms with Crippen LogP contribution in [0.15, 0.2) is 34.8 Å². The van der Waals surface area contributed by atoms with Gasteiger partial charge in [-0.25, -0.2) is 9.78 Å². The van der Waals surface area contributed by atoms with Crippen LogP contribution in [0.25, 0.3) is 0 Å². The van der Waals surface area contributed by atoms with E-state index in [0.29, 0.717) is 16.9 Å². The first-order valence-corrected chi connectivity index (χ1v) is 7.91. The van der Waals surface area contributed by atoms with Crippen LogP contribution in [0.3, 0.4) is 0 Å². The van der Waals surface area contributed by atoms with Gasteiger partial charge < -0.3 is 10.1 Å². The van der Waals surface area contributed by atoms with E-state index in [1.807, 2.05) is 6.07 Å². The highest BCUT2D eigenvalue weighted by Crippen LogP contribution is 2.22. The highest BCUT2D eigenvalue weighted by atomic mass is 79.9. The number of para-hydroxylation sites is 1. The number of hydrogen-bond acceptors (Lipinski definition) is 4. The standard InChI is InChI=1S/C16H14BrClN2O3/c1-9-7-10(2)19-15(18)14(9)16(22)23-8-13(21)20-12-6-4-3-5-11(12)17/h3-7H,8H2,1-2H3,(H,20,21). The van der Waals surface area contributed by atoms with Crippen LogP contribution in [-0.2, 0) is 9.53 Å². The molecule has 2 rings (SSSR count). The number of hydrogen-bond donors (Lipinski definition) is 1. The molecule has 120 valence electrons. The molecule has 0 fully saturated rings. The molecule has 0 bridgehead atoms. The maximum Gasteiger partial charge on any atom is 0.342 e. The Morgan fingerprint density at radius 1 is 1.30 bits per heavy atom. The van der Waals surface area contributed by atoms with Gasteiger partial charge in [0.1, 0.15) is 5.15 Å². The quantitative estimate of drug-likeness (QED) is 0.627. The third kappa shape index (κ3) is 4.53. The monoisotopic (exact) mass is 396 g/mol. The lowest BCUT2D eigenvalue weighted by atomic mass is 10.1. The van der Waals surface area contributed by atoms with E-state index < -0.39 is 18.5 Å². The molecule has 0 unspecified atom stereocenters. The number of benzene rings is 1. The molecule has 0 spiro atoms. The van der Waals surface area contributed by atoms with E-state index in [9.17, 15) is 9.59 Å². The number of rotatable bonds is 4. The zero-order chi connectivity index (χ0) is 17.0. The number of carbonyl (C=O) groups is 2. The van der Waals surface area contributed by atoms with Crippen LogP contribution in [-0.4, -0.2) is 23.5 Å². The number of ether oxygens (including phenoxy) is 1. The Balaban J connectivity index is 2.00. The molecule has 0 aliphatic heterocycles. The Kier molecular flexibility index (Phi) is 5.74. The molecule has 1 N–H and O–H groups in total. The summed E-state index contributed by atoms with van der Waals surface area (Å²) in [5, 5.41) is 2.71. The van der Waals surface area contributed by atoms with E-state index in [4.69, 9.17) is 16.3 Å². The Morgan fingerprint density at radius 2 is 2.00 bits per heavy atom. The Morgan fingerprint density at radius 3 is 2.65 bits per heavy atom. The maximum atomic E-state index is 12.1. The number of nitrogens with zero attached hydrogens (tertiary/aromatic N) is 1. The molecule has 0 aliphatic rings. The third-order valence-corrected chi connectivity index (χ3v) is 3.95. The van der Waals surface area contributed by atoms with Gasteiger partial charge in [-0.15, -0.1) is 0 Å². The van der Waals surface area contributed by atoms with Crippen LogP contribution in [0.1, 0.15) is 21.6 Å². The van der Waals surface area contributed by atoms with Crippen molar-refractivity contribution in [3.8, 4) is 0 Å². The molecule has 7 heteroatoms. The largest absolute Gasteiger partial charge is 0.452 e. The number of halogens is 2. The highest BCUT2D eigenvalue weighted by molar-refractivity contribution is 9.10. The number of anilines is 1. The van der Waals surface area contributed by atoms with Gasteiger partial charge in [-0.1, -0.05) is 23.7 Å². The van der Waals surface area contributed by atoms with Gasteiger partial charge in [-0.05, 0) is 53.5 Å². The summed E-state index contributed by atoms with van der Waals surface area (Å²) in [5.41, 5.74) is 2.13. The Bertz CT molecular complexity index is 742. The summed E-state index contributed by atoms with van der Waals surface area (Å²) in [4.78, 5) is 28.0. The first kappa shape index (κ1) is 17.4. The van der Waals surface area contributed by atoms with Crippen molar-refractivity contribution in [1.82, 2.24) is 4.98 Å². The summed E-state index contributed by atoms with van der Waals surface area (Å²) >= 11 is 9.30. The number of carbonyl (C=O) groups excluding carboxylic acids is 2. The van der Waals surface area contributed by atoms with E-state index in [2.05, 4.69) is 26.2 Å². The molecular weight excluding hydrogens is 384 g/mol. The molecule has 0 saturated heterocycles. The van der Waals surface area contributed by atoms with E-state index in [-0.39, 0.29) is 10.7 Å². The van der Waals surface area contributed by atoms with Gasteiger partial charge in [0.25, 0.3) is 5.91 Å². The highest BCUT2D eigenvalue weighted by Gasteiger charge is 2.18. The van der Waals surface area contributed by atoms with Crippen LogP contribution >= 0.6 is 27.5 Å². The predicted octanol–water partition coefficient (Wildman–Crippen LogP) is 3.91. The second-order valence-corrected chi connectivity index (χ2v) is 6.06. The molecular formula is C16H14BrClN2O3. The molecule has 23 heavy (non-hydrogen) atoms. The van der Waals surface area contributed by atoms with Crippen molar-refractivity contribution in [3.05, 3.63) is 56.8 Å². The smallest absolute Gasteiger partial charge is 0.342 e. The minimum atomic E-state index is -0.678. The number of aromatic nitrogens is 1. The number of amides is 1. The zero-order valence-corrected chi connectivity index (χ0v) is 14.9. The van der Waals surface area contributed by atoms with Gasteiger partial charge in [0.05, 0.1) is 11.3 Å². The maximum absolute atomic E-state index is 12.1. The van der Waals surface area contributed by atoms with Crippen LogP contribution in [0.4, 0.5) is 5.69 Å². The lowest BCUT2D eigenvalue weighted by Crippen LogP contribution is -2.21. The number of esters is 1. The van der Waals surface area contributed by atoms with Crippen molar-refractivity contribution in [2.75, 3.05) is 11.9 Å². The normalized spacial score (nSPS) is 10.3. The predicted molar refractivity (Wildman–Crippen MR) is 91.8 cm³/mol. The molecule has 1 aromatic heterocycles. The fourth-order valence-electron chi connectivity index (χ4n) is 1.99. The topological polar surface area (TPSA) is 68.3 Å². The first-order chi connectivity index (χ1) is 10.9. The van der Waals surface area contributed by atoms with Crippen molar-refractivity contribution < 1.29 is 14.3 Å². The van der Waals surface area contributed by atoms with Crippen molar-refractivity contribution >= 4 is 45.1 Å². The van der Waals surface area contributed by atoms with Gasteiger partial charge in [-0.2, -0.15) is 0 Å². The average molecular weight is 398 g/mol. The number of aryl methyl sites for hydroxylation is 2. The number of pyridine rings is 1. The first-order valence-electron chi connectivity index (χ1n) is 6.73. The summed E-state index contributed by atoms with van der Waals surface area (Å²) in [6, 6.07) is 8.86. The van der Waals surface area contributed by atoms with Gasteiger partial charge in [-0.3, -0.25) is 4.79 Å². The van der Waals surface area contributed by atoms with Gasteiger partial charge in [0.2, 0.25) is 0 Å². The van der Waals surface area contributed by atoms with Gasteiger partial charge >= 0.3 is 5.97 Å². The average Bonchev–Trinajstić information content (AvgIpc) is 2.46. The van der Waals surface area contributed by atoms with Crippen molar-refractivity contribution in [2.24, 2.45) is 0 Å². The van der Waals surface area contributed by atoms with Crippen molar-refractivity contribution in [3.63, 3.8) is 0 Å². The third-order valence-electron chi connectivity index (χ3n) is 2.99. The van der Waals surface area contributed by atoms with E-state index in [1.54, 1.807) is 38.1 Å². The van der Waals surface area contributed by atoms with Crippen LogP contribution < -0.4 is 5.32 Å². The minimum Gasteiger partial charge on any atom is -0.452 e. The fourth-order valence-corrected chi connectivity index (χ4v) is 2.73. The van der Waals surface area contributed by atoms with E-state index >= 15 is 0 Å². The van der Waals surface area contributed by atoms with Crippen molar-refractivity contribution in [2.45, 2.75) is 13.8 Å². The second kappa shape index (κ2) is 7.57. The van der Waals surface area contributed by atoms with Gasteiger partial charge in [0, 0.05) is 10.2 Å². The molecule has 0 atom stereocenters. The lowest BCUT2D eigenvalue weighted by molar-refractivity contribution is -0.119. The molecule has 1 aromatic carbocycles. The Labute approximate surface area is 147 Å². The molecule has 5 nitrogen and oxygen atoms in total. The molecule has 2 aromatic rings. The zero-order valence-electron chi connectivity index (χ0n) is 12.5. The van der Waals surface area contributed by atoms with Crippen LogP contribution in [0.2, 0.25) is 5.15 Å². The summed E-state index contributed by atoms with van der Waals surface area (Å²) in [6.45, 7) is 3.10. The summed E-state index contributed by atoms with van der Waals surface area (Å²) in [6.07, 6.45) is 0. The van der Waals surface area contributed by atoms with Crippen LogP contribution in [0, 0.1) is 13.8 Å². The SMILES string of the molecule is Cc1cc(C)c(C(=O)OCC(=O)Nc2ccccc2Br)c(Cl)n1. The lowest BCUT2D eigenvalue weighted by Gasteiger charge is -2.10. The molecule has 1 amide bonds. The fraction of sp³-hybridized carbons (Fsp3) is 0.188. The van der Waals surface area contributed by atoms with E-state index in [0.717, 1.165) is 4.47 Å². The second-order valence-electron chi connectivity index (χ2n) is 4.85. The minimum absolute atomic E-state index is 0.0683. The van der Waals surface area contributed by atoms with Crippen LogP contribution in [0.5, 0.6) is 0 Å².